The average molecular weight is 382 g/mol. The van der Waals surface area contributed by atoms with E-state index in [4.69, 9.17) is 27.9 Å². The van der Waals surface area contributed by atoms with Crippen LogP contribution in [0, 0.1) is 0 Å². The summed E-state index contributed by atoms with van der Waals surface area (Å²) in [5.74, 6) is -1.47. The molecule has 0 aliphatic heterocycles. The van der Waals surface area contributed by atoms with Crippen molar-refractivity contribution >= 4 is 52.5 Å². The Bertz CT molecular complexity index is 827. The summed E-state index contributed by atoms with van der Waals surface area (Å²) in [4.78, 5) is 38.7. The van der Waals surface area contributed by atoms with Gasteiger partial charge in [0.05, 0.1) is 15.6 Å². The normalized spacial score (nSPS) is 10.0. The highest BCUT2D eigenvalue weighted by Gasteiger charge is 2.13. The fourth-order valence-electron chi connectivity index (χ4n) is 1.82. The maximum Gasteiger partial charge on any atom is 0.338 e. The molecule has 2 rings (SSSR count). The van der Waals surface area contributed by atoms with Crippen LogP contribution in [-0.2, 0) is 14.3 Å². The molecule has 0 aliphatic carbocycles. The number of halogens is 2. The van der Waals surface area contributed by atoms with Crippen molar-refractivity contribution in [2.45, 2.75) is 6.92 Å². The molecule has 1 aromatic carbocycles. The number of anilines is 2. The van der Waals surface area contributed by atoms with Gasteiger partial charge in [-0.05, 0) is 24.3 Å². The van der Waals surface area contributed by atoms with Gasteiger partial charge in [-0.25, -0.2) is 9.78 Å². The van der Waals surface area contributed by atoms with Gasteiger partial charge in [-0.2, -0.15) is 0 Å². The molecule has 1 aromatic heterocycles. The van der Waals surface area contributed by atoms with Crippen molar-refractivity contribution in [2.24, 2.45) is 0 Å². The Kier molecular flexibility index (Phi) is 6.32. The lowest BCUT2D eigenvalue weighted by molar-refractivity contribution is -0.119. The van der Waals surface area contributed by atoms with Gasteiger partial charge in [0, 0.05) is 18.8 Å². The van der Waals surface area contributed by atoms with Crippen LogP contribution in [0.1, 0.15) is 17.3 Å². The van der Waals surface area contributed by atoms with Crippen molar-refractivity contribution < 1.29 is 19.1 Å². The number of nitrogens with one attached hydrogen (secondary N) is 2. The van der Waals surface area contributed by atoms with Gasteiger partial charge in [0.2, 0.25) is 5.91 Å². The molecule has 9 heteroatoms. The number of ether oxygens (including phenoxy) is 1. The number of carbonyl (C=O) groups excluding carboxylic acids is 3. The Labute approximate surface area is 153 Å². The molecule has 0 saturated carbocycles. The molecule has 2 amide bonds. The van der Waals surface area contributed by atoms with Gasteiger partial charge >= 0.3 is 5.97 Å². The van der Waals surface area contributed by atoms with Crippen LogP contribution >= 0.6 is 23.2 Å². The number of rotatable bonds is 5. The Morgan fingerprint density at radius 3 is 2.60 bits per heavy atom. The van der Waals surface area contributed by atoms with Gasteiger partial charge in [-0.1, -0.05) is 29.3 Å². The Morgan fingerprint density at radius 2 is 1.92 bits per heavy atom. The minimum Gasteiger partial charge on any atom is -0.452 e. The molecule has 0 aliphatic rings. The first kappa shape index (κ1) is 18.7. The number of carbonyl (C=O) groups is 3. The number of nitrogens with zero attached hydrogens (tertiary/aromatic N) is 1. The number of hydrogen-bond acceptors (Lipinski definition) is 5. The number of pyridine rings is 1. The molecular weight excluding hydrogens is 369 g/mol. The molecule has 130 valence electrons. The van der Waals surface area contributed by atoms with Crippen LogP contribution < -0.4 is 10.6 Å². The zero-order valence-corrected chi connectivity index (χ0v) is 14.5. The largest absolute Gasteiger partial charge is 0.452 e. The van der Waals surface area contributed by atoms with Gasteiger partial charge in [-0.3, -0.25) is 9.59 Å². The summed E-state index contributed by atoms with van der Waals surface area (Å²) in [7, 11) is 0. The first-order valence-corrected chi connectivity index (χ1v) is 7.76. The molecule has 25 heavy (non-hydrogen) atoms. The third-order valence-electron chi connectivity index (χ3n) is 2.82. The Hall–Kier alpha value is -2.64. The van der Waals surface area contributed by atoms with E-state index in [9.17, 15) is 14.4 Å². The van der Waals surface area contributed by atoms with Gasteiger partial charge in [0.15, 0.2) is 12.4 Å². The third-order valence-corrected chi connectivity index (χ3v) is 3.31. The number of esters is 1. The quantitative estimate of drug-likeness (QED) is 0.775. The Morgan fingerprint density at radius 1 is 1.16 bits per heavy atom. The highest BCUT2D eigenvalue weighted by molar-refractivity contribution is 6.36. The van der Waals surface area contributed by atoms with Crippen molar-refractivity contribution in [3.63, 3.8) is 0 Å². The van der Waals surface area contributed by atoms with E-state index in [-0.39, 0.29) is 22.3 Å². The fourth-order valence-corrected chi connectivity index (χ4v) is 2.24. The summed E-state index contributed by atoms with van der Waals surface area (Å²) in [6.07, 6.45) is 1.32. The van der Waals surface area contributed by atoms with Crippen molar-refractivity contribution in [1.29, 1.82) is 0 Å². The van der Waals surface area contributed by atoms with E-state index in [1.807, 2.05) is 0 Å². The van der Waals surface area contributed by atoms with E-state index < -0.39 is 18.5 Å². The highest BCUT2D eigenvalue weighted by Crippen LogP contribution is 2.22. The van der Waals surface area contributed by atoms with E-state index in [1.165, 1.54) is 31.3 Å². The predicted molar refractivity (Wildman–Crippen MR) is 93.9 cm³/mol. The summed E-state index contributed by atoms with van der Waals surface area (Å²) in [5, 5.41) is 5.45. The predicted octanol–water partition coefficient (Wildman–Crippen LogP) is 3.14. The first-order chi connectivity index (χ1) is 11.8. The zero-order chi connectivity index (χ0) is 18.4. The topological polar surface area (TPSA) is 97.4 Å². The number of hydrogen-bond donors (Lipinski definition) is 2. The molecule has 0 bridgehead atoms. The van der Waals surface area contributed by atoms with Crippen LogP contribution in [0.25, 0.3) is 0 Å². The number of aromatic nitrogens is 1. The lowest BCUT2D eigenvalue weighted by atomic mass is 10.2. The van der Waals surface area contributed by atoms with E-state index in [1.54, 1.807) is 12.1 Å². The standard InChI is InChI=1S/C16H13Cl2N3O4/c1-9(22)20-12-4-2-3-10(5-12)16(24)25-8-14(23)21-15-13(18)6-11(17)7-19-15/h2-7H,8H2,1H3,(H,20,22)(H,19,21,23). The van der Waals surface area contributed by atoms with E-state index in [0.717, 1.165) is 0 Å². The van der Waals surface area contributed by atoms with Crippen molar-refractivity contribution in [1.82, 2.24) is 4.98 Å². The van der Waals surface area contributed by atoms with E-state index >= 15 is 0 Å². The van der Waals surface area contributed by atoms with Gasteiger partial charge in [0.1, 0.15) is 0 Å². The molecule has 0 radical (unpaired) electrons. The van der Waals surface area contributed by atoms with Crippen LogP contribution in [-0.4, -0.2) is 29.4 Å². The number of amides is 2. The summed E-state index contributed by atoms with van der Waals surface area (Å²) < 4.78 is 4.93. The zero-order valence-electron chi connectivity index (χ0n) is 13.0. The molecule has 0 fully saturated rings. The summed E-state index contributed by atoms with van der Waals surface area (Å²) in [6, 6.07) is 7.58. The van der Waals surface area contributed by atoms with Crippen LogP contribution in [0.3, 0.4) is 0 Å². The number of benzene rings is 1. The molecule has 2 aromatic rings. The van der Waals surface area contributed by atoms with Crippen LogP contribution in [0.5, 0.6) is 0 Å². The Balaban J connectivity index is 1.93. The molecule has 0 unspecified atom stereocenters. The molecule has 7 nitrogen and oxygen atoms in total. The van der Waals surface area contributed by atoms with Crippen molar-refractivity contribution in [3.05, 3.63) is 52.1 Å². The molecule has 0 atom stereocenters. The second kappa shape index (κ2) is 8.46. The van der Waals surface area contributed by atoms with Gasteiger partial charge in [-0.15, -0.1) is 0 Å². The maximum atomic E-state index is 12.0. The van der Waals surface area contributed by atoms with E-state index in [2.05, 4.69) is 15.6 Å². The fraction of sp³-hybridized carbons (Fsp3) is 0.125. The molecule has 0 spiro atoms. The second-order valence-corrected chi connectivity index (χ2v) is 5.71. The SMILES string of the molecule is CC(=O)Nc1cccc(C(=O)OCC(=O)Nc2ncc(Cl)cc2Cl)c1. The molecule has 1 heterocycles. The van der Waals surface area contributed by atoms with E-state index in [0.29, 0.717) is 10.7 Å². The summed E-state index contributed by atoms with van der Waals surface area (Å²) in [6.45, 7) is 0.828. The average Bonchev–Trinajstić information content (AvgIpc) is 2.55. The van der Waals surface area contributed by atoms with Crippen LogP contribution in [0.4, 0.5) is 11.5 Å². The van der Waals surface area contributed by atoms with Gasteiger partial charge in [0.25, 0.3) is 5.91 Å². The molecule has 0 saturated heterocycles. The molecular formula is C16H13Cl2N3O4. The highest BCUT2D eigenvalue weighted by atomic mass is 35.5. The van der Waals surface area contributed by atoms with Crippen LogP contribution in [0.15, 0.2) is 36.5 Å². The molecule has 2 N–H and O–H groups in total. The smallest absolute Gasteiger partial charge is 0.338 e. The third kappa shape index (κ3) is 5.74. The summed E-state index contributed by atoms with van der Waals surface area (Å²) >= 11 is 11.6. The minimum absolute atomic E-state index is 0.111. The van der Waals surface area contributed by atoms with Crippen LogP contribution in [0.2, 0.25) is 10.0 Å². The monoisotopic (exact) mass is 381 g/mol. The van der Waals surface area contributed by atoms with Gasteiger partial charge < -0.3 is 15.4 Å². The maximum absolute atomic E-state index is 12.0. The van der Waals surface area contributed by atoms with Crippen molar-refractivity contribution in [2.75, 3.05) is 17.2 Å². The summed E-state index contributed by atoms with van der Waals surface area (Å²) in [5.41, 5.74) is 0.644. The lowest BCUT2D eigenvalue weighted by Gasteiger charge is -2.08. The lowest BCUT2D eigenvalue weighted by Crippen LogP contribution is -2.21. The first-order valence-electron chi connectivity index (χ1n) is 7.01. The minimum atomic E-state index is -0.711. The van der Waals surface area contributed by atoms with Crippen molar-refractivity contribution in [3.8, 4) is 0 Å². The second-order valence-electron chi connectivity index (χ2n) is 4.87.